The lowest BCUT2D eigenvalue weighted by atomic mass is 10.1. The minimum atomic E-state index is -5.03. The molecule has 6 aromatic rings. The van der Waals surface area contributed by atoms with Crippen LogP contribution in [0.5, 0.6) is 0 Å². The van der Waals surface area contributed by atoms with Crippen molar-refractivity contribution in [3.8, 4) is 0 Å². The van der Waals surface area contributed by atoms with E-state index in [9.17, 15) is 65.5 Å². The first-order valence-corrected chi connectivity index (χ1v) is 22.1. The molecule has 0 spiro atoms. The third kappa shape index (κ3) is 13.8. The van der Waals surface area contributed by atoms with Crippen molar-refractivity contribution < 1.29 is 65.5 Å². The molecule has 0 aliphatic carbocycles. The van der Waals surface area contributed by atoms with Gasteiger partial charge in [0.25, 0.3) is 20.2 Å². The first kappa shape index (κ1) is 48.6. The van der Waals surface area contributed by atoms with Gasteiger partial charge in [0.05, 0.1) is 12.8 Å². The van der Waals surface area contributed by atoms with E-state index in [1.165, 1.54) is 24.3 Å². The van der Waals surface area contributed by atoms with E-state index in [1.807, 2.05) is 0 Å². The van der Waals surface area contributed by atoms with Crippen LogP contribution in [0.3, 0.4) is 0 Å². The lowest BCUT2D eigenvalue weighted by molar-refractivity contribution is -0.144. The lowest BCUT2D eigenvalue weighted by Crippen LogP contribution is -2.32. The van der Waals surface area contributed by atoms with Gasteiger partial charge in [0.1, 0.15) is 21.9 Å². The summed E-state index contributed by atoms with van der Waals surface area (Å²) in [5.41, 5.74) is 0.516. The summed E-state index contributed by atoms with van der Waals surface area (Å²) in [6.45, 7) is 0. The number of hydrogen-bond donors (Lipinski definition) is 12. The van der Waals surface area contributed by atoms with E-state index < -0.39 is 78.8 Å². The predicted octanol–water partition coefficient (Wildman–Crippen LogP) is 4.37. The second-order valence-corrected chi connectivity index (χ2v) is 16.7. The maximum Gasteiger partial charge on any atom is 0.326 e. The van der Waals surface area contributed by atoms with Crippen LogP contribution in [0.2, 0.25) is 0 Å². The van der Waals surface area contributed by atoms with Crippen LogP contribution < -0.4 is 31.9 Å². The third-order valence-electron chi connectivity index (χ3n) is 8.83. The number of aromatic nitrogens is 6. The van der Waals surface area contributed by atoms with E-state index in [4.69, 9.17) is 0 Å². The molecular formula is C40H36N12O14S2. The number of benzene rings is 4. The number of nitrogens with zero attached hydrogens (tertiary/aromatic N) is 6. The predicted molar refractivity (Wildman–Crippen MR) is 242 cm³/mol. The summed E-state index contributed by atoms with van der Waals surface area (Å²) in [7, 11) is -10.1. The van der Waals surface area contributed by atoms with Crippen LogP contribution in [-0.4, -0.2) is 112 Å². The third-order valence-corrected chi connectivity index (χ3v) is 10.6. The van der Waals surface area contributed by atoms with Crippen molar-refractivity contribution in [2.45, 2.75) is 34.7 Å². The molecule has 0 radical (unpaired) electrons. The number of anilines is 10. The molecule has 0 saturated heterocycles. The molecule has 0 aliphatic heterocycles. The molecule has 12 N–H and O–H groups in total. The summed E-state index contributed by atoms with van der Waals surface area (Å²) in [6.07, 6.45) is 0.531. The van der Waals surface area contributed by atoms with Crippen molar-refractivity contribution >= 4 is 115 Å². The van der Waals surface area contributed by atoms with Gasteiger partial charge in [-0.1, -0.05) is 60.7 Å². The highest BCUT2D eigenvalue weighted by Crippen LogP contribution is 2.29. The summed E-state index contributed by atoms with van der Waals surface area (Å²) < 4.78 is 71.3. The fourth-order valence-electron chi connectivity index (χ4n) is 5.85. The molecule has 68 heavy (non-hydrogen) atoms. The smallest absolute Gasteiger partial charge is 0.326 e. The molecule has 26 nitrogen and oxygen atoms in total. The fourth-order valence-corrected chi connectivity index (χ4v) is 7.27. The molecule has 6 rings (SSSR count). The summed E-state index contributed by atoms with van der Waals surface area (Å²) in [5.74, 6) is -7.59. The van der Waals surface area contributed by atoms with Crippen molar-refractivity contribution in [2.75, 3.05) is 31.9 Å². The van der Waals surface area contributed by atoms with Crippen LogP contribution in [0.4, 0.5) is 58.4 Å². The Morgan fingerprint density at radius 3 is 1.06 bits per heavy atom. The van der Waals surface area contributed by atoms with Crippen molar-refractivity contribution in [3.05, 3.63) is 108 Å². The highest BCUT2D eigenvalue weighted by atomic mass is 32.2. The zero-order chi connectivity index (χ0) is 49.2. The van der Waals surface area contributed by atoms with Crippen molar-refractivity contribution in [2.24, 2.45) is 0 Å². The number of carboxylic acids is 4. The van der Waals surface area contributed by atoms with E-state index in [0.29, 0.717) is 11.4 Å². The van der Waals surface area contributed by atoms with Crippen LogP contribution in [0.25, 0.3) is 12.2 Å². The van der Waals surface area contributed by atoms with E-state index in [2.05, 4.69) is 61.8 Å². The van der Waals surface area contributed by atoms with Gasteiger partial charge in [-0.05, 0) is 59.7 Å². The number of carbonyl (C=O) groups is 4. The topological polar surface area (TPSA) is 407 Å². The van der Waals surface area contributed by atoms with E-state index >= 15 is 0 Å². The molecule has 0 aliphatic rings. The number of para-hydroxylation sites is 2. The highest BCUT2D eigenvalue weighted by Gasteiger charge is 2.25. The largest absolute Gasteiger partial charge is 0.481 e. The molecule has 0 unspecified atom stereocenters. The Morgan fingerprint density at radius 1 is 0.456 bits per heavy atom. The van der Waals surface area contributed by atoms with Crippen molar-refractivity contribution in [1.82, 2.24) is 29.9 Å². The average molecular weight is 973 g/mol. The number of hydrogen-bond acceptors (Lipinski definition) is 20. The average Bonchev–Trinajstić information content (AvgIpc) is 3.25. The molecule has 0 fully saturated rings. The second kappa shape index (κ2) is 21.0. The molecule has 0 bridgehead atoms. The summed E-state index contributed by atoms with van der Waals surface area (Å²) >= 11 is 0. The first-order valence-electron chi connectivity index (χ1n) is 19.2. The Bertz CT molecular complexity index is 2920. The maximum atomic E-state index is 12.7. The zero-order valence-corrected chi connectivity index (χ0v) is 36.0. The molecule has 0 amide bonds. The number of rotatable bonds is 22. The molecule has 352 valence electrons. The Labute approximate surface area is 383 Å². The summed E-state index contributed by atoms with van der Waals surface area (Å²) in [4.78, 5) is 69.7. The van der Waals surface area contributed by atoms with Gasteiger partial charge in [-0.15, -0.1) is 0 Å². The number of aliphatic carboxylic acids is 4. The van der Waals surface area contributed by atoms with Gasteiger partial charge < -0.3 is 52.3 Å². The zero-order valence-electron chi connectivity index (χ0n) is 34.4. The highest BCUT2D eigenvalue weighted by molar-refractivity contribution is 7.86. The lowest BCUT2D eigenvalue weighted by Gasteiger charge is -2.15. The van der Waals surface area contributed by atoms with Crippen LogP contribution in [0.15, 0.2) is 107 Å². The second-order valence-electron chi connectivity index (χ2n) is 13.9. The molecule has 4 aromatic carbocycles. The van der Waals surface area contributed by atoms with Crippen LogP contribution in [0.1, 0.15) is 24.0 Å². The Morgan fingerprint density at radius 2 is 0.765 bits per heavy atom. The molecule has 2 heterocycles. The van der Waals surface area contributed by atoms with Gasteiger partial charge in [-0.25, -0.2) is 9.59 Å². The van der Waals surface area contributed by atoms with Crippen LogP contribution in [-0.2, 0) is 39.4 Å². The van der Waals surface area contributed by atoms with Gasteiger partial charge in [-0.3, -0.25) is 18.7 Å². The summed E-state index contributed by atoms with van der Waals surface area (Å²) in [6, 6.07) is 20.5. The Kier molecular flexibility index (Phi) is 15.0. The van der Waals surface area contributed by atoms with E-state index in [0.717, 1.165) is 24.3 Å². The standard InChI is InChI=1S/C40H36N12O14S2/c53-31(54)19-27(33(57)58)45-39-49-35(41-23-7-3-1-4-8-23)47-37(51-39)43-25-15-13-21(29(17-25)67(61,62)63)11-12-22-14-16-26(18-30(22)68(64,65)66)44-38-48-36(42-24-9-5-2-6-10-24)50-40(52-38)46-28(34(59)60)20-32(55)56/h1-18,27-28H,19-20H2,(H,53,54)(H,55,56)(H,57,58)(H,59,60)(H,61,62,63)(H,64,65,66)(H3,41,43,45,47,49,51)(H3,42,44,46,48,50,52)/b12-11+/t27-,28-/m0/s1. The van der Waals surface area contributed by atoms with Crippen molar-refractivity contribution in [1.29, 1.82) is 0 Å². The first-order chi connectivity index (χ1) is 32.2. The SMILES string of the molecule is O=C(O)C[C@H](Nc1nc(Nc2ccccc2)nc(Nc2ccc(/C=C/c3ccc(Nc4nc(Nc5ccccc5)nc(N[C@@H](CC(=O)O)C(=O)O)n4)cc3S(=O)(=O)O)c(S(=O)(=O)O)c2)n1)C(=O)O. The minimum Gasteiger partial charge on any atom is -0.481 e. The Hall–Kier alpha value is -8.86. The van der Waals surface area contributed by atoms with Gasteiger partial charge >= 0.3 is 23.9 Å². The van der Waals surface area contributed by atoms with Gasteiger partial charge in [0.15, 0.2) is 0 Å². The molecule has 2 aromatic heterocycles. The normalized spacial score (nSPS) is 12.3. The quantitative estimate of drug-likeness (QED) is 0.0332. The number of nitrogens with one attached hydrogen (secondary N) is 6. The van der Waals surface area contributed by atoms with E-state index in [1.54, 1.807) is 60.7 Å². The molecule has 2 atom stereocenters. The monoisotopic (exact) mass is 972 g/mol. The van der Waals surface area contributed by atoms with Gasteiger partial charge in [0.2, 0.25) is 35.7 Å². The van der Waals surface area contributed by atoms with E-state index in [-0.39, 0.29) is 58.2 Å². The summed E-state index contributed by atoms with van der Waals surface area (Å²) in [5, 5.41) is 53.6. The minimum absolute atomic E-state index is 0.0499. The molecule has 0 saturated carbocycles. The van der Waals surface area contributed by atoms with Gasteiger partial charge in [-0.2, -0.15) is 46.7 Å². The maximum absolute atomic E-state index is 12.7. The number of carboxylic acid groups (broad SMARTS) is 4. The Balaban J connectivity index is 1.30. The molecule has 28 heteroatoms. The molecular weight excluding hydrogens is 937 g/mol. The fraction of sp³-hybridized carbons (Fsp3) is 0.100. The van der Waals surface area contributed by atoms with Crippen molar-refractivity contribution in [3.63, 3.8) is 0 Å². The van der Waals surface area contributed by atoms with Gasteiger partial charge in [0, 0.05) is 22.7 Å². The van der Waals surface area contributed by atoms with Crippen LogP contribution in [0, 0.1) is 0 Å². The van der Waals surface area contributed by atoms with Crippen LogP contribution >= 0.6 is 0 Å².